The van der Waals surface area contributed by atoms with E-state index in [1.165, 1.54) is 30.3 Å². The van der Waals surface area contributed by atoms with E-state index in [1.807, 2.05) is 23.1 Å². The van der Waals surface area contributed by atoms with Crippen molar-refractivity contribution in [2.45, 2.75) is 56.0 Å². The first kappa shape index (κ1) is 32.5. The van der Waals surface area contributed by atoms with Gasteiger partial charge < -0.3 is 15.4 Å². The molecule has 4 aromatic carbocycles. The Labute approximate surface area is 267 Å². The van der Waals surface area contributed by atoms with Gasteiger partial charge in [-0.1, -0.05) is 79.9 Å². The summed E-state index contributed by atoms with van der Waals surface area (Å²) in [6, 6.07) is 26.1. The number of carbonyl (C=O) groups excluding carboxylic acids is 2. The number of carbonyl (C=O) groups is 2. The van der Waals surface area contributed by atoms with Crippen molar-refractivity contribution in [1.82, 2.24) is 4.90 Å². The van der Waals surface area contributed by atoms with E-state index in [4.69, 9.17) is 15.6 Å². The van der Waals surface area contributed by atoms with Gasteiger partial charge in [0.05, 0.1) is 11.3 Å². The van der Waals surface area contributed by atoms with Crippen LogP contribution in [0.15, 0.2) is 107 Å². The molecule has 0 unspecified atom stereocenters. The van der Waals surface area contributed by atoms with E-state index in [0.717, 1.165) is 43.2 Å². The van der Waals surface area contributed by atoms with Gasteiger partial charge in [0, 0.05) is 23.7 Å². The summed E-state index contributed by atoms with van der Waals surface area (Å²) < 4.78 is 42.4. The highest BCUT2D eigenvalue weighted by Crippen LogP contribution is 2.28. The van der Waals surface area contributed by atoms with Gasteiger partial charge in [-0.2, -0.15) is 4.99 Å². The van der Waals surface area contributed by atoms with Crippen LogP contribution >= 0.6 is 0 Å². The summed E-state index contributed by atoms with van der Waals surface area (Å²) >= 11 is 0. The van der Waals surface area contributed by atoms with Gasteiger partial charge in [0.1, 0.15) is 17.4 Å². The Morgan fingerprint density at radius 1 is 0.870 bits per heavy atom. The van der Waals surface area contributed by atoms with Crippen molar-refractivity contribution in [3.8, 4) is 16.9 Å². The Morgan fingerprint density at radius 2 is 1.57 bits per heavy atom. The summed E-state index contributed by atoms with van der Waals surface area (Å²) in [6.07, 6.45) is 4.28. The first-order valence-corrected chi connectivity index (χ1v) is 16.5. The van der Waals surface area contributed by atoms with Crippen LogP contribution in [0, 0.1) is 5.82 Å². The predicted octanol–water partition coefficient (Wildman–Crippen LogP) is 5.95. The molecule has 9 nitrogen and oxygen atoms in total. The number of sulfonamides is 1. The molecular formula is C35H35FN4O5S. The Balaban J connectivity index is 1.31. The van der Waals surface area contributed by atoms with Crippen LogP contribution in [0.25, 0.3) is 11.1 Å². The lowest BCUT2D eigenvalue weighted by Crippen LogP contribution is -2.41. The molecule has 0 heterocycles. The van der Waals surface area contributed by atoms with Crippen LogP contribution in [0.5, 0.6) is 5.75 Å². The normalized spacial score (nSPS) is 14.1. The third-order valence-electron chi connectivity index (χ3n) is 7.96. The highest BCUT2D eigenvalue weighted by Gasteiger charge is 2.26. The number of nitrogens with two attached hydrogens (primary N) is 2. The lowest BCUT2D eigenvalue weighted by Gasteiger charge is -2.35. The number of nitrogens with zero attached hydrogens (tertiary/aromatic N) is 2. The van der Waals surface area contributed by atoms with Crippen molar-refractivity contribution in [3.63, 3.8) is 0 Å². The minimum absolute atomic E-state index is 0.0282. The molecule has 0 spiro atoms. The maximum absolute atomic E-state index is 13.8. The number of benzene rings is 4. The van der Waals surface area contributed by atoms with Crippen LogP contribution in [-0.4, -0.2) is 37.2 Å². The zero-order valence-corrected chi connectivity index (χ0v) is 26.0. The Hall–Kier alpha value is -4.87. The molecule has 11 heteroatoms. The summed E-state index contributed by atoms with van der Waals surface area (Å²) in [5.41, 5.74) is 9.44. The number of rotatable bonds is 9. The minimum Gasteiger partial charge on any atom is -0.409 e. The van der Waals surface area contributed by atoms with Gasteiger partial charge in [0.25, 0.3) is 0 Å². The maximum Gasteiger partial charge on any atom is 0.441 e. The summed E-state index contributed by atoms with van der Waals surface area (Å²) in [6.45, 7) is 0.352. The van der Waals surface area contributed by atoms with Crippen LogP contribution < -0.4 is 15.6 Å². The second-order valence-corrected chi connectivity index (χ2v) is 12.8. The molecule has 0 radical (unpaired) electrons. The number of hydrogen-bond donors (Lipinski definition) is 2. The molecule has 4 aromatic rings. The van der Waals surface area contributed by atoms with Gasteiger partial charge in [-0.05, 0) is 65.9 Å². The number of amidine groups is 1. The zero-order chi connectivity index (χ0) is 32.7. The van der Waals surface area contributed by atoms with E-state index < -0.39 is 21.9 Å². The number of halogens is 1. The number of primary sulfonamides is 1. The van der Waals surface area contributed by atoms with Gasteiger partial charge in [0.2, 0.25) is 15.9 Å². The van der Waals surface area contributed by atoms with Crippen molar-refractivity contribution in [1.29, 1.82) is 0 Å². The molecular weight excluding hydrogens is 607 g/mol. The average molecular weight is 643 g/mol. The average Bonchev–Trinajstić information content (AvgIpc) is 3.05. The molecule has 1 aliphatic carbocycles. The van der Waals surface area contributed by atoms with Gasteiger partial charge in [-0.3, -0.25) is 4.79 Å². The first-order chi connectivity index (χ1) is 22.1. The molecule has 46 heavy (non-hydrogen) atoms. The second kappa shape index (κ2) is 14.5. The van der Waals surface area contributed by atoms with E-state index in [0.29, 0.717) is 23.2 Å². The van der Waals surface area contributed by atoms with Crippen molar-refractivity contribution < 1.29 is 27.1 Å². The van der Waals surface area contributed by atoms with Crippen molar-refractivity contribution in [2.75, 3.05) is 0 Å². The fourth-order valence-electron chi connectivity index (χ4n) is 5.66. The molecule has 238 valence electrons. The lowest BCUT2D eigenvalue weighted by atomic mass is 9.93. The maximum atomic E-state index is 13.8. The Bertz CT molecular complexity index is 1840. The number of amides is 2. The molecule has 0 aromatic heterocycles. The van der Waals surface area contributed by atoms with E-state index in [1.54, 1.807) is 48.5 Å². The molecule has 0 saturated heterocycles. The van der Waals surface area contributed by atoms with Gasteiger partial charge in [-0.25, -0.2) is 22.7 Å². The van der Waals surface area contributed by atoms with E-state index >= 15 is 0 Å². The zero-order valence-electron chi connectivity index (χ0n) is 25.1. The largest absolute Gasteiger partial charge is 0.441 e. The highest BCUT2D eigenvalue weighted by atomic mass is 32.2. The molecule has 1 fully saturated rings. The minimum atomic E-state index is -3.90. The Kier molecular flexibility index (Phi) is 10.2. The number of ether oxygens (including phenoxy) is 1. The van der Waals surface area contributed by atoms with Crippen LogP contribution in [0.4, 0.5) is 9.18 Å². The molecule has 5 rings (SSSR count). The standard InChI is InChI=1S/C35H35FN4O5S/c36-28-17-19-30(20-18-28)45-35(42)39-34(37)27-8-6-7-25(21-27)23-40(29-9-2-1-3-10-29)33(41)22-24-13-15-26(16-14-24)31-11-4-5-12-32(31)46(38,43)44/h4-8,11-21,29H,1-3,9-10,22-23H2,(H2,37,39,42)(H2,38,43,44). The third-order valence-corrected chi connectivity index (χ3v) is 8.92. The van der Waals surface area contributed by atoms with Crippen LogP contribution in [0.1, 0.15) is 48.8 Å². The second-order valence-electron chi connectivity index (χ2n) is 11.2. The molecule has 0 bridgehead atoms. The summed E-state index contributed by atoms with van der Waals surface area (Å²) in [5, 5.41) is 5.42. The number of aliphatic imine (C=N–C) groups is 1. The predicted molar refractivity (Wildman–Crippen MR) is 174 cm³/mol. The topological polar surface area (TPSA) is 145 Å². The molecule has 4 N–H and O–H groups in total. The molecule has 1 saturated carbocycles. The van der Waals surface area contributed by atoms with Crippen LogP contribution in [-0.2, 0) is 27.8 Å². The van der Waals surface area contributed by atoms with Crippen LogP contribution in [0.3, 0.4) is 0 Å². The quantitative estimate of drug-likeness (QED) is 0.171. The highest BCUT2D eigenvalue weighted by molar-refractivity contribution is 7.89. The SMILES string of the molecule is NC(=NC(=O)Oc1ccc(F)cc1)c1cccc(CN(C(=O)Cc2ccc(-c3ccccc3S(N)(=O)=O)cc2)C2CCCCC2)c1. The third kappa shape index (κ3) is 8.43. The van der Waals surface area contributed by atoms with E-state index in [2.05, 4.69) is 4.99 Å². The van der Waals surface area contributed by atoms with Crippen molar-refractivity contribution in [3.05, 3.63) is 120 Å². The van der Waals surface area contributed by atoms with E-state index in [-0.39, 0.29) is 34.9 Å². The van der Waals surface area contributed by atoms with Crippen molar-refractivity contribution >= 4 is 27.9 Å². The smallest absolute Gasteiger partial charge is 0.409 e. The number of hydrogen-bond acceptors (Lipinski definition) is 5. The monoisotopic (exact) mass is 642 g/mol. The fraction of sp³-hybridized carbons (Fsp3) is 0.229. The van der Waals surface area contributed by atoms with Crippen molar-refractivity contribution in [2.24, 2.45) is 15.9 Å². The fourth-order valence-corrected chi connectivity index (χ4v) is 6.42. The van der Waals surface area contributed by atoms with Gasteiger partial charge in [0.15, 0.2) is 0 Å². The van der Waals surface area contributed by atoms with Gasteiger partial charge >= 0.3 is 6.09 Å². The molecule has 1 aliphatic rings. The Morgan fingerprint density at radius 3 is 2.26 bits per heavy atom. The van der Waals surface area contributed by atoms with Gasteiger partial charge in [-0.15, -0.1) is 0 Å². The van der Waals surface area contributed by atoms with Crippen LogP contribution in [0.2, 0.25) is 0 Å². The summed E-state index contributed by atoms with van der Waals surface area (Å²) in [4.78, 5) is 31.9. The lowest BCUT2D eigenvalue weighted by molar-refractivity contribution is -0.134. The summed E-state index contributed by atoms with van der Waals surface area (Å²) in [5.74, 6) is -0.392. The summed E-state index contributed by atoms with van der Waals surface area (Å²) in [7, 11) is -3.90. The molecule has 0 atom stereocenters. The molecule has 2 amide bonds. The molecule has 0 aliphatic heterocycles. The first-order valence-electron chi connectivity index (χ1n) is 15.0. The van der Waals surface area contributed by atoms with E-state index in [9.17, 15) is 22.4 Å².